The zero-order chi connectivity index (χ0) is 39.4. The lowest BCUT2D eigenvalue weighted by atomic mass is 9.95. The van der Waals surface area contributed by atoms with Gasteiger partial charge in [0.1, 0.15) is 11.8 Å². The monoisotopic (exact) mass is 772 g/mol. The van der Waals surface area contributed by atoms with Gasteiger partial charge >= 0.3 is 5.69 Å². The summed E-state index contributed by atoms with van der Waals surface area (Å²) in [7, 11) is 3.42. The van der Waals surface area contributed by atoms with E-state index in [4.69, 9.17) is 10.5 Å². The maximum absolute atomic E-state index is 13.3. The number of nitrogen functional groups attached to an aromatic ring is 1. The molecule has 6 heterocycles. The number of amides is 3. The van der Waals surface area contributed by atoms with E-state index in [-0.39, 0.29) is 23.9 Å². The third-order valence-electron chi connectivity index (χ3n) is 12.3. The number of rotatable bonds is 8. The molecule has 1 atom stereocenters. The molecule has 4 aliphatic rings. The Morgan fingerprint density at radius 2 is 1.58 bits per heavy atom. The number of nitrogens with zero attached hydrogens (tertiary/aromatic N) is 7. The third kappa shape index (κ3) is 6.89. The van der Waals surface area contributed by atoms with Gasteiger partial charge in [-0.15, -0.1) is 0 Å². The minimum absolute atomic E-state index is 0.0394. The summed E-state index contributed by atoms with van der Waals surface area (Å²) in [5, 5.41) is 9.96. The highest BCUT2D eigenvalue weighted by Gasteiger charge is 2.32. The molecule has 3 fully saturated rings. The molecule has 1 unspecified atom stereocenters. The summed E-state index contributed by atoms with van der Waals surface area (Å²) in [5.74, 6) is 1.02. The number of fused-ring (bicyclic) bond motifs is 2. The Morgan fingerprint density at radius 1 is 0.807 bits per heavy atom. The average molecular weight is 773 g/mol. The number of benzene rings is 3. The van der Waals surface area contributed by atoms with Crippen LogP contribution < -0.4 is 36.6 Å². The molecule has 3 amide bonds. The van der Waals surface area contributed by atoms with Crippen LogP contribution in [0.4, 0.5) is 17.2 Å². The summed E-state index contributed by atoms with van der Waals surface area (Å²) in [5.41, 5.74) is 14.2. The predicted molar refractivity (Wildman–Crippen MR) is 218 cm³/mol. The number of hydrogen-bond acceptors (Lipinski definition) is 10. The first-order valence-corrected chi connectivity index (χ1v) is 19.9. The number of piperazine rings is 1. The van der Waals surface area contributed by atoms with E-state index >= 15 is 0 Å². The van der Waals surface area contributed by atoms with E-state index in [1.54, 1.807) is 18.7 Å². The van der Waals surface area contributed by atoms with Gasteiger partial charge in [-0.05, 0) is 73.1 Å². The summed E-state index contributed by atoms with van der Waals surface area (Å²) in [4.78, 5) is 57.2. The number of imidazole rings is 1. The van der Waals surface area contributed by atoms with Crippen LogP contribution in [0.3, 0.4) is 0 Å². The van der Waals surface area contributed by atoms with E-state index < -0.39 is 11.9 Å². The number of carbonyl (C=O) groups excluding carboxylic acids is 3. The average Bonchev–Trinajstić information content (AvgIpc) is 3.74. The van der Waals surface area contributed by atoms with Crippen molar-refractivity contribution >= 4 is 45.9 Å². The molecule has 4 aliphatic heterocycles. The van der Waals surface area contributed by atoms with Crippen molar-refractivity contribution in [3.8, 4) is 22.6 Å². The molecule has 0 radical (unpaired) electrons. The van der Waals surface area contributed by atoms with E-state index in [1.165, 1.54) is 4.57 Å². The minimum atomic E-state index is -0.689. The van der Waals surface area contributed by atoms with Gasteiger partial charge in [-0.25, -0.2) is 9.48 Å². The zero-order valence-electron chi connectivity index (χ0n) is 32.4. The van der Waals surface area contributed by atoms with Crippen molar-refractivity contribution in [1.82, 2.24) is 34.4 Å². The molecule has 4 N–H and O–H groups in total. The lowest BCUT2D eigenvalue weighted by Crippen LogP contribution is -2.49. The summed E-state index contributed by atoms with van der Waals surface area (Å²) in [6, 6.07) is 17.4. The Kier molecular flexibility index (Phi) is 9.47. The molecular weight excluding hydrogens is 725 g/mol. The molecule has 0 aliphatic carbocycles. The van der Waals surface area contributed by atoms with Crippen molar-refractivity contribution in [2.24, 2.45) is 13.0 Å². The number of methoxy groups -OCH3 is 1. The van der Waals surface area contributed by atoms with E-state index in [2.05, 4.69) is 48.6 Å². The molecule has 15 nitrogen and oxygen atoms in total. The van der Waals surface area contributed by atoms with Gasteiger partial charge in [0.2, 0.25) is 11.8 Å². The van der Waals surface area contributed by atoms with Crippen molar-refractivity contribution in [2.45, 2.75) is 38.1 Å². The van der Waals surface area contributed by atoms with Crippen LogP contribution in [0.2, 0.25) is 0 Å². The molecule has 2 aromatic heterocycles. The Labute approximate surface area is 329 Å². The number of imide groups is 1. The van der Waals surface area contributed by atoms with Gasteiger partial charge < -0.3 is 25.6 Å². The van der Waals surface area contributed by atoms with Gasteiger partial charge in [0.05, 0.1) is 23.8 Å². The second kappa shape index (κ2) is 14.8. The number of nitrogens with one attached hydrogen (secondary N) is 2. The Hall–Kier alpha value is -6.09. The molecule has 5 aromatic rings. The lowest BCUT2D eigenvalue weighted by Gasteiger charge is -2.40. The molecule has 0 bridgehead atoms. The maximum Gasteiger partial charge on any atom is 0.329 e. The van der Waals surface area contributed by atoms with Crippen molar-refractivity contribution in [2.75, 3.05) is 75.0 Å². The van der Waals surface area contributed by atoms with Gasteiger partial charge in [0.15, 0.2) is 5.82 Å². The predicted octanol–water partition coefficient (Wildman–Crippen LogP) is 3.09. The van der Waals surface area contributed by atoms with Gasteiger partial charge in [-0.3, -0.25) is 33.7 Å². The minimum Gasteiger partial charge on any atom is -0.497 e. The SMILES string of the molecule is COc1cc(N2CCN(CC3CCN(c4ccc5c(c4)n(C)c(=O)n5C4CCC(=O)NC4=O)CC3)CC2)cc(-n2cc(-c3ccc4c(c3)CCNC4=O)c(N)n2)c1. The molecule has 15 heteroatoms. The summed E-state index contributed by atoms with van der Waals surface area (Å²) in [6.07, 6.45) is 5.44. The molecule has 0 spiro atoms. The van der Waals surface area contributed by atoms with E-state index in [9.17, 15) is 19.2 Å². The molecule has 9 rings (SSSR count). The first kappa shape index (κ1) is 36.5. The number of aromatic nitrogens is 4. The largest absolute Gasteiger partial charge is 0.497 e. The second-order valence-corrected chi connectivity index (χ2v) is 15.7. The molecule has 3 aromatic carbocycles. The first-order valence-electron chi connectivity index (χ1n) is 19.9. The van der Waals surface area contributed by atoms with E-state index in [1.807, 2.05) is 47.3 Å². The number of hydrogen-bond donors (Lipinski definition) is 3. The van der Waals surface area contributed by atoms with Crippen molar-refractivity contribution in [3.63, 3.8) is 0 Å². The highest BCUT2D eigenvalue weighted by Crippen LogP contribution is 2.33. The quantitative estimate of drug-likeness (QED) is 0.200. The summed E-state index contributed by atoms with van der Waals surface area (Å²) < 4.78 is 10.7. The highest BCUT2D eigenvalue weighted by atomic mass is 16.5. The fourth-order valence-electron chi connectivity index (χ4n) is 9.04. The highest BCUT2D eigenvalue weighted by molar-refractivity contribution is 6.00. The fraction of sp³-hybridized carbons (Fsp3) is 0.405. The molecule has 3 saturated heterocycles. The van der Waals surface area contributed by atoms with Crippen LogP contribution in [-0.4, -0.2) is 101 Å². The fourth-order valence-corrected chi connectivity index (χ4v) is 9.04. The van der Waals surface area contributed by atoms with Crippen LogP contribution >= 0.6 is 0 Å². The van der Waals surface area contributed by atoms with Crippen LogP contribution in [0.1, 0.15) is 47.6 Å². The normalized spacial score (nSPS) is 19.5. The molecule has 296 valence electrons. The first-order chi connectivity index (χ1) is 27.6. The maximum atomic E-state index is 13.3. The number of aryl methyl sites for hydroxylation is 1. The van der Waals surface area contributed by atoms with Gasteiger partial charge in [0.25, 0.3) is 5.91 Å². The molecule has 57 heavy (non-hydrogen) atoms. The summed E-state index contributed by atoms with van der Waals surface area (Å²) >= 11 is 0. The van der Waals surface area contributed by atoms with Gasteiger partial charge in [-0.1, -0.05) is 12.1 Å². The lowest BCUT2D eigenvalue weighted by molar-refractivity contribution is -0.135. The topological polar surface area (TPSA) is 165 Å². The van der Waals surface area contributed by atoms with Crippen molar-refractivity contribution < 1.29 is 19.1 Å². The Morgan fingerprint density at radius 3 is 2.35 bits per heavy atom. The van der Waals surface area contributed by atoms with E-state index in [0.717, 1.165) is 110 Å². The van der Waals surface area contributed by atoms with Gasteiger partial charge in [-0.2, -0.15) is 5.10 Å². The van der Waals surface area contributed by atoms with Crippen LogP contribution in [0.15, 0.2) is 65.6 Å². The number of ether oxygens (including phenoxy) is 1. The van der Waals surface area contributed by atoms with Gasteiger partial charge in [0, 0.05) is 107 Å². The number of carbonyl (C=O) groups is 3. The van der Waals surface area contributed by atoms with Crippen LogP contribution in [0.25, 0.3) is 27.8 Å². The molecule has 0 saturated carbocycles. The Balaban J connectivity index is 0.819. The second-order valence-electron chi connectivity index (χ2n) is 15.7. The molecular formula is C42H48N10O5. The zero-order valence-corrected chi connectivity index (χ0v) is 32.4. The number of piperidine rings is 2. The standard InChI is InChI=1S/C42H48N10O5/c1-47-37-23-29(4-6-35(37)52(42(47)56)36-7-8-38(53)45-41(36)55)49-13-10-26(11-14-49)24-48-15-17-50(18-16-48)30-20-31(22-32(21-30)57-2)51-25-34(39(43)46-51)27-3-5-33-28(19-27)9-12-44-40(33)54/h3-6,19-23,25-26,36H,7-18,24H2,1-2H3,(H2,43,46)(H,44,54)(H,45,53,55). The Bertz CT molecular complexity index is 2450. The number of nitrogens with two attached hydrogens (primary N) is 1. The smallest absolute Gasteiger partial charge is 0.329 e. The van der Waals surface area contributed by atoms with Crippen LogP contribution in [0, 0.1) is 5.92 Å². The van der Waals surface area contributed by atoms with Crippen LogP contribution in [0.5, 0.6) is 5.75 Å². The summed E-state index contributed by atoms with van der Waals surface area (Å²) in [6.45, 7) is 7.31. The number of anilines is 3. The van der Waals surface area contributed by atoms with E-state index in [0.29, 0.717) is 35.8 Å². The van der Waals surface area contributed by atoms with Crippen molar-refractivity contribution in [3.05, 3.63) is 82.4 Å². The van der Waals surface area contributed by atoms with Crippen molar-refractivity contribution in [1.29, 1.82) is 0 Å². The third-order valence-corrected chi connectivity index (χ3v) is 12.3. The van der Waals surface area contributed by atoms with Crippen LogP contribution in [-0.2, 0) is 23.1 Å².